The first kappa shape index (κ1) is 30.5. The van der Waals surface area contributed by atoms with Crippen molar-refractivity contribution < 1.29 is 24.1 Å². The van der Waals surface area contributed by atoms with Crippen molar-refractivity contribution >= 4 is 8.07 Å². The van der Waals surface area contributed by atoms with Gasteiger partial charge in [0.25, 0.3) is 0 Å². The van der Waals surface area contributed by atoms with Crippen molar-refractivity contribution in [1.82, 2.24) is 0 Å². The summed E-state index contributed by atoms with van der Waals surface area (Å²) in [4.78, 5) is 3.05. The number of hydrogen-bond acceptors (Lipinski definition) is 6. The Bertz CT molecular complexity index is 1340. The molecular weight excluding hydrogens is 534 g/mol. The van der Waals surface area contributed by atoms with E-state index in [2.05, 4.69) is 41.1 Å². The number of rotatable bonds is 11. The maximum absolute atomic E-state index is 11.9. The van der Waals surface area contributed by atoms with Gasteiger partial charge in [0, 0.05) is 4.91 Å². The Balaban J connectivity index is 1.68. The molecule has 0 aliphatic carbocycles. The molecule has 0 saturated carbocycles. The van der Waals surface area contributed by atoms with E-state index >= 15 is 0 Å². The van der Waals surface area contributed by atoms with Gasteiger partial charge in [-0.15, -0.1) is 5.54 Å². The molecule has 1 fully saturated rings. The van der Waals surface area contributed by atoms with Gasteiger partial charge < -0.3 is 24.1 Å². The van der Waals surface area contributed by atoms with Crippen molar-refractivity contribution in [3.8, 4) is 11.5 Å². The summed E-state index contributed by atoms with van der Waals surface area (Å²) in [5.74, 6) is 0.827. The van der Waals surface area contributed by atoms with Gasteiger partial charge in [0.15, 0.2) is 0 Å². The molecule has 8 nitrogen and oxygen atoms in total. The summed E-state index contributed by atoms with van der Waals surface area (Å²) in [7, 11) is -1.94. The second-order valence-corrected chi connectivity index (χ2v) is 15.8. The monoisotopic (exact) mass is 571 g/mol. The number of benzene rings is 3. The largest absolute Gasteiger partial charge is 0.374 e. The lowest BCUT2D eigenvalue weighted by atomic mass is 9.90. The minimum atomic E-state index is -2.10. The first-order valence-corrected chi connectivity index (χ1v) is 17.2. The molecule has 4 rings (SSSR count). The highest BCUT2D eigenvalue weighted by atomic mass is 28.3. The molecule has 1 N–H and O–H groups in total. The van der Waals surface area contributed by atoms with Crippen molar-refractivity contribution in [3.05, 3.63) is 118 Å². The Labute approximate surface area is 242 Å². The lowest BCUT2D eigenvalue weighted by Gasteiger charge is -2.47. The number of nitrogens with zero attached hydrogens (tertiary/aromatic N) is 3. The molecule has 0 bridgehead atoms. The van der Waals surface area contributed by atoms with Crippen molar-refractivity contribution in [3.63, 3.8) is 0 Å². The highest BCUT2D eigenvalue weighted by Crippen LogP contribution is 2.35. The molecule has 1 aliphatic rings. The Morgan fingerprint density at radius 3 is 1.80 bits per heavy atom. The van der Waals surface area contributed by atoms with Crippen LogP contribution in [0.4, 0.5) is 0 Å². The third kappa shape index (κ3) is 9.02. The molecule has 0 aromatic heterocycles. The molecule has 3 aromatic rings. The normalized spacial score (nSPS) is 24.1. The van der Waals surface area contributed by atoms with Crippen LogP contribution < -0.4 is 0 Å². The second kappa shape index (κ2) is 14.4. The van der Waals surface area contributed by atoms with Gasteiger partial charge in [-0.2, -0.15) is 0 Å². The molecule has 3 aromatic carbocycles. The maximum Gasteiger partial charge on any atom is 0.242 e. The van der Waals surface area contributed by atoms with E-state index in [1.165, 1.54) is 0 Å². The van der Waals surface area contributed by atoms with E-state index in [1.54, 1.807) is 0 Å². The molecule has 0 amide bonds. The van der Waals surface area contributed by atoms with Crippen LogP contribution in [0.3, 0.4) is 0 Å². The van der Waals surface area contributed by atoms with E-state index in [0.29, 0.717) is 6.61 Å². The summed E-state index contributed by atoms with van der Waals surface area (Å²) in [6, 6.07) is 28.0. The lowest BCUT2D eigenvalue weighted by Crippen LogP contribution is -2.65. The van der Waals surface area contributed by atoms with E-state index < -0.39 is 38.2 Å². The third-order valence-electron chi connectivity index (χ3n) is 6.49. The van der Waals surface area contributed by atoms with Gasteiger partial charge in [0.1, 0.15) is 32.4 Å². The summed E-state index contributed by atoms with van der Waals surface area (Å²) >= 11 is 0. The van der Waals surface area contributed by atoms with Crippen LogP contribution in [0.5, 0.6) is 0 Å². The molecule has 1 heterocycles. The highest BCUT2D eigenvalue weighted by molar-refractivity contribution is 6.83. The van der Waals surface area contributed by atoms with Crippen molar-refractivity contribution in [2.24, 2.45) is 5.11 Å². The molecule has 214 valence electrons. The summed E-state index contributed by atoms with van der Waals surface area (Å²) < 4.78 is 25.2. The Hall–Kier alpha value is -3.45. The third-order valence-corrected chi connectivity index (χ3v) is 7.37. The van der Waals surface area contributed by atoms with Gasteiger partial charge in [0.2, 0.25) is 5.79 Å². The van der Waals surface area contributed by atoms with Gasteiger partial charge in [-0.3, -0.25) is 0 Å². The van der Waals surface area contributed by atoms with Crippen molar-refractivity contribution in [2.75, 3.05) is 6.61 Å². The summed E-state index contributed by atoms with van der Waals surface area (Å²) in [6.45, 7) is 7.10. The average molecular weight is 572 g/mol. The van der Waals surface area contributed by atoms with E-state index in [0.717, 1.165) is 16.7 Å². The van der Waals surface area contributed by atoms with E-state index in [9.17, 15) is 10.6 Å². The zero-order valence-corrected chi connectivity index (χ0v) is 24.7. The van der Waals surface area contributed by atoms with Crippen LogP contribution in [-0.4, -0.2) is 49.9 Å². The summed E-state index contributed by atoms with van der Waals surface area (Å²) in [6.07, 6.45) is -2.39. The van der Waals surface area contributed by atoms with E-state index in [1.807, 2.05) is 91.0 Å². The molecular formula is C32H37N3O5Si. The van der Waals surface area contributed by atoms with Crippen molar-refractivity contribution in [2.45, 2.75) is 69.6 Å². The van der Waals surface area contributed by atoms with Gasteiger partial charge in [-0.1, -0.05) is 116 Å². The van der Waals surface area contributed by atoms with Crippen LogP contribution in [0.1, 0.15) is 16.7 Å². The average Bonchev–Trinajstić information content (AvgIpc) is 2.97. The van der Waals surface area contributed by atoms with Gasteiger partial charge >= 0.3 is 0 Å². The van der Waals surface area contributed by atoms with Gasteiger partial charge in [-0.25, -0.2) is 0 Å². The Kier molecular flexibility index (Phi) is 10.7. The fourth-order valence-corrected chi connectivity index (χ4v) is 5.03. The topological polar surface area (TPSA) is 106 Å². The number of hydrogen-bond donors (Lipinski definition) is 1. The predicted octanol–water partition coefficient (Wildman–Crippen LogP) is 6.02. The van der Waals surface area contributed by atoms with Crippen LogP contribution in [0, 0.1) is 11.5 Å². The molecule has 5 atom stereocenters. The van der Waals surface area contributed by atoms with Gasteiger partial charge in [0.05, 0.1) is 26.4 Å². The van der Waals surface area contributed by atoms with Crippen molar-refractivity contribution in [1.29, 1.82) is 0 Å². The molecule has 1 saturated heterocycles. The molecule has 1 aliphatic heterocycles. The first-order valence-electron chi connectivity index (χ1n) is 13.7. The zero-order chi connectivity index (χ0) is 29.1. The standard InChI is InChI=1S/C32H37N3O5Si/c1-41(2,3)20-19-32(36)31(34-35-33)30(39-23-27-17-11-6-12-18-27)29(38-22-26-15-9-5-10-16-26)28(40-32)24-37-21-25-13-7-4-8-14-25/h4-18,28-31,36H,21-24H2,1-3H3/t28-,29-,30+,31+,32?/m1/s1. The lowest BCUT2D eigenvalue weighted by molar-refractivity contribution is -0.304. The first-order chi connectivity index (χ1) is 19.8. The van der Waals surface area contributed by atoms with Crippen LogP contribution in [0.25, 0.3) is 10.4 Å². The van der Waals surface area contributed by atoms with Gasteiger partial charge in [-0.05, 0) is 28.1 Å². The highest BCUT2D eigenvalue weighted by Gasteiger charge is 2.55. The minimum Gasteiger partial charge on any atom is -0.374 e. The van der Waals surface area contributed by atoms with E-state index in [-0.39, 0.29) is 19.8 Å². The number of ether oxygens (including phenoxy) is 4. The quantitative estimate of drug-likeness (QED) is 0.0996. The molecule has 0 radical (unpaired) electrons. The molecule has 1 unspecified atom stereocenters. The van der Waals surface area contributed by atoms with Crippen LogP contribution >= 0.6 is 0 Å². The second-order valence-electron chi connectivity index (χ2n) is 11.0. The Morgan fingerprint density at radius 1 is 0.829 bits per heavy atom. The van der Waals surface area contributed by atoms with Crippen LogP contribution in [0.15, 0.2) is 96.1 Å². The van der Waals surface area contributed by atoms with Crippen LogP contribution in [0.2, 0.25) is 19.6 Å². The molecule has 9 heteroatoms. The van der Waals surface area contributed by atoms with Crippen LogP contribution in [-0.2, 0) is 38.8 Å². The molecule has 41 heavy (non-hydrogen) atoms. The van der Waals surface area contributed by atoms with E-state index in [4.69, 9.17) is 18.9 Å². The fourth-order valence-electron chi connectivity index (χ4n) is 4.48. The Morgan fingerprint density at radius 2 is 1.32 bits per heavy atom. The summed E-state index contributed by atoms with van der Waals surface area (Å²) in [5.41, 5.74) is 15.6. The molecule has 0 spiro atoms. The smallest absolute Gasteiger partial charge is 0.242 e. The number of azide groups is 1. The predicted molar refractivity (Wildman–Crippen MR) is 160 cm³/mol. The summed E-state index contributed by atoms with van der Waals surface area (Å²) in [5, 5.41) is 15.8. The maximum atomic E-state index is 11.9. The zero-order valence-electron chi connectivity index (χ0n) is 23.7. The fraction of sp³-hybridized carbons (Fsp3) is 0.375. The number of aliphatic hydroxyl groups is 1. The SMILES string of the molecule is C[Si](C)(C)C#CC1(O)O[C@H](COCc2ccccc2)[C@@H](OCc2ccccc2)[C@H](OCc2ccccc2)[C@@H]1N=[N+]=[N-]. The minimum absolute atomic E-state index is 0.0967.